The molecule has 11 heteroatoms. The fourth-order valence-electron chi connectivity index (χ4n) is 4.21. The van der Waals surface area contributed by atoms with E-state index in [0.29, 0.717) is 34.6 Å². The molecule has 4 aromatic heterocycles. The van der Waals surface area contributed by atoms with Crippen LogP contribution < -0.4 is 16.6 Å². The SMILES string of the molecule is CC.Nc1ncnc2ccc(-c3ccc(CNc4nccc5ncn(Cc6ccc(F)c(F)c6)c(=O)c45)s3)cc12. The summed E-state index contributed by atoms with van der Waals surface area (Å²) in [7, 11) is 0. The monoisotopic (exact) mass is 557 g/mol. The summed E-state index contributed by atoms with van der Waals surface area (Å²) in [6, 6.07) is 15.1. The maximum absolute atomic E-state index is 13.6. The summed E-state index contributed by atoms with van der Waals surface area (Å²) in [5.41, 5.74) is 8.39. The summed E-state index contributed by atoms with van der Waals surface area (Å²) in [6.45, 7) is 4.48. The molecule has 3 N–H and O–H groups in total. The van der Waals surface area contributed by atoms with Crippen LogP contribution in [-0.4, -0.2) is 24.5 Å². The van der Waals surface area contributed by atoms with Gasteiger partial charge in [-0.15, -0.1) is 11.3 Å². The van der Waals surface area contributed by atoms with Gasteiger partial charge in [0.25, 0.3) is 5.56 Å². The van der Waals surface area contributed by atoms with Crippen molar-refractivity contribution < 1.29 is 8.78 Å². The first-order chi connectivity index (χ1) is 19.5. The third kappa shape index (κ3) is 5.36. The normalized spacial score (nSPS) is 10.9. The molecule has 6 aromatic rings. The highest BCUT2D eigenvalue weighted by Gasteiger charge is 2.13. The van der Waals surface area contributed by atoms with E-state index >= 15 is 0 Å². The highest BCUT2D eigenvalue weighted by atomic mass is 32.1. The lowest BCUT2D eigenvalue weighted by atomic mass is 10.1. The van der Waals surface area contributed by atoms with Crippen molar-refractivity contribution in [1.29, 1.82) is 0 Å². The van der Waals surface area contributed by atoms with Crippen molar-refractivity contribution in [2.45, 2.75) is 26.9 Å². The average molecular weight is 558 g/mol. The van der Waals surface area contributed by atoms with E-state index in [2.05, 4.69) is 25.3 Å². The molecule has 4 heterocycles. The molecule has 202 valence electrons. The Kier molecular flexibility index (Phi) is 7.74. The molecule has 2 aromatic carbocycles. The second-order valence-electron chi connectivity index (χ2n) is 8.59. The predicted octanol–water partition coefficient (Wildman–Crippen LogP) is 6.01. The Balaban J connectivity index is 0.00000158. The molecule has 0 aliphatic rings. The molecule has 0 spiro atoms. The molecule has 0 aliphatic heterocycles. The van der Waals surface area contributed by atoms with Crippen LogP contribution in [0.25, 0.3) is 32.2 Å². The summed E-state index contributed by atoms with van der Waals surface area (Å²) >= 11 is 1.60. The molecule has 0 fully saturated rings. The molecule has 8 nitrogen and oxygen atoms in total. The molecule has 0 aliphatic carbocycles. The highest BCUT2D eigenvalue weighted by molar-refractivity contribution is 7.15. The standard InChI is InChI=1S/C27H19F2N7OS.C2H6/c28-19-4-1-15(9-20(19)29)12-36-14-35-22-7-8-31-26(24(22)27(36)37)32-11-17-3-6-23(38-17)16-2-5-21-18(10-16)25(30)34-13-33-21;1-2/h1-10,13-14H,11-12H2,(H,31,32)(H2,30,33,34);1-2H3. The number of nitrogens with two attached hydrogens (primary N) is 1. The predicted molar refractivity (Wildman–Crippen MR) is 155 cm³/mol. The second kappa shape index (κ2) is 11.5. The molecule has 40 heavy (non-hydrogen) atoms. The number of nitrogens with zero attached hydrogens (tertiary/aromatic N) is 5. The largest absolute Gasteiger partial charge is 0.383 e. The van der Waals surface area contributed by atoms with E-state index in [1.54, 1.807) is 23.6 Å². The van der Waals surface area contributed by atoms with Crippen molar-refractivity contribution in [3.05, 3.63) is 106 Å². The summed E-state index contributed by atoms with van der Waals surface area (Å²) in [5, 5.41) is 4.37. The molecular weight excluding hydrogens is 532 g/mol. The molecule has 0 amide bonds. The number of hydrogen-bond donors (Lipinski definition) is 2. The minimum Gasteiger partial charge on any atom is -0.383 e. The van der Waals surface area contributed by atoms with E-state index < -0.39 is 11.6 Å². The Morgan fingerprint density at radius 1 is 0.925 bits per heavy atom. The summed E-state index contributed by atoms with van der Waals surface area (Å²) in [4.78, 5) is 32.4. The van der Waals surface area contributed by atoms with E-state index in [0.717, 1.165) is 38.4 Å². The van der Waals surface area contributed by atoms with Crippen molar-refractivity contribution in [3.8, 4) is 10.4 Å². The third-order valence-corrected chi connectivity index (χ3v) is 7.25. The lowest BCUT2D eigenvalue weighted by Crippen LogP contribution is -2.22. The summed E-state index contributed by atoms with van der Waals surface area (Å²) in [5.74, 6) is -1.08. The van der Waals surface area contributed by atoms with Gasteiger partial charge in [-0.2, -0.15) is 0 Å². The number of nitrogen functional groups attached to an aromatic ring is 1. The van der Waals surface area contributed by atoms with Gasteiger partial charge in [-0.3, -0.25) is 9.36 Å². The molecule has 0 unspecified atom stereocenters. The number of nitrogens with one attached hydrogen (secondary N) is 1. The lowest BCUT2D eigenvalue weighted by molar-refractivity contribution is 0.506. The van der Waals surface area contributed by atoms with Crippen LogP contribution >= 0.6 is 11.3 Å². The Morgan fingerprint density at radius 2 is 1.77 bits per heavy atom. The Morgan fingerprint density at radius 3 is 2.60 bits per heavy atom. The van der Waals surface area contributed by atoms with Crippen LogP contribution in [0.4, 0.5) is 20.4 Å². The van der Waals surface area contributed by atoms with Gasteiger partial charge in [-0.1, -0.05) is 26.0 Å². The number of hydrogen-bond acceptors (Lipinski definition) is 8. The molecule has 0 saturated heterocycles. The molecule has 0 atom stereocenters. The smallest absolute Gasteiger partial charge is 0.265 e. The highest BCUT2D eigenvalue weighted by Crippen LogP contribution is 2.31. The fraction of sp³-hybridized carbons (Fsp3) is 0.138. The van der Waals surface area contributed by atoms with Gasteiger partial charge in [-0.25, -0.2) is 28.7 Å². The van der Waals surface area contributed by atoms with Gasteiger partial charge < -0.3 is 11.1 Å². The van der Waals surface area contributed by atoms with Gasteiger partial charge >= 0.3 is 0 Å². The number of anilines is 2. The fourth-order valence-corrected chi connectivity index (χ4v) is 5.15. The maximum atomic E-state index is 13.6. The third-order valence-electron chi connectivity index (χ3n) is 6.12. The maximum Gasteiger partial charge on any atom is 0.265 e. The van der Waals surface area contributed by atoms with Crippen molar-refractivity contribution in [3.63, 3.8) is 0 Å². The quantitative estimate of drug-likeness (QED) is 0.258. The summed E-state index contributed by atoms with van der Waals surface area (Å²) in [6.07, 6.45) is 4.42. The minimum absolute atomic E-state index is 0.0445. The Hall–Kier alpha value is -4.77. The molecule has 6 rings (SSSR count). The Bertz CT molecular complexity index is 1890. The van der Waals surface area contributed by atoms with Crippen LogP contribution in [0.5, 0.6) is 0 Å². The van der Waals surface area contributed by atoms with Gasteiger partial charge in [0.05, 0.1) is 30.5 Å². The van der Waals surface area contributed by atoms with Crippen LogP contribution in [0, 0.1) is 11.6 Å². The zero-order valence-electron chi connectivity index (χ0n) is 21.7. The summed E-state index contributed by atoms with van der Waals surface area (Å²) < 4.78 is 28.3. The number of thiophene rings is 1. The first-order valence-corrected chi connectivity index (χ1v) is 13.4. The van der Waals surface area contributed by atoms with Crippen molar-refractivity contribution in [2.24, 2.45) is 0 Å². The van der Waals surface area contributed by atoms with E-state index in [1.807, 2.05) is 44.2 Å². The zero-order valence-corrected chi connectivity index (χ0v) is 22.5. The second-order valence-corrected chi connectivity index (χ2v) is 9.76. The van der Waals surface area contributed by atoms with Crippen LogP contribution in [0.1, 0.15) is 24.3 Å². The first-order valence-electron chi connectivity index (χ1n) is 12.6. The zero-order chi connectivity index (χ0) is 28.2. The molecule has 0 radical (unpaired) electrons. The number of pyridine rings is 1. The van der Waals surface area contributed by atoms with Crippen LogP contribution in [0.15, 0.2) is 78.2 Å². The van der Waals surface area contributed by atoms with Crippen LogP contribution in [-0.2, 0) is 13.1 Å². The van der Waals surface area contributed by atoms with E-state index in [1.165, 1.54) is 23.3 Å². The van der Waals surface area contributed by atoms with E-state index in [4.69, 9.17) is 5.73 Å². The van der Waals surface area contributed by atoms with Crippen molar-refractivity contribution in [1.82, 2.24) is 24.5 Å². The first kappa shape index (κ1) is 26.8. The van der Waals surface area contributed by atoms with Gasteiger partial charge in [0.1, 0.15) is 23.3 Å². The minimum atomic E-state index is -0.968. The number of aromatic nitrogens is 5. The van der Waals surface area contributed by atoms with Gasteiger partial charge in [0.2, 0.25) is 0 Å². The number of fused-ring (bicyclic) bond motifs is 2. The van der Waals surface area contributed by atoms with Gasteiger partial charge in [0, 0.05) is 21.3 Å². The van der Waals surface area contributed by atoms with Crippen LogP contribution in [0.3, 0.4) is 0 Å². The number of halogens is 2. The van der Waals surface area contributed by atoms with Crippen molar-refractivity contribution in [2.75, 3.05) is 11.1 Å². The molecule has 0 saturated carbocycles. The van der Waals surface area contributed by atoms with E-state index in [9.17, 15) is 13.6 Å². The van der Waals surface area contributed by atoms with Crippen LogP contribution in [0.2, 0.25) is 0 Å². The average Bonchev–Trinajstić information content (AvgIpc) is 3.45. The van der Waals surface area contributed by atoms with Gasteiger partial charge in [-0.05, 0) is 53.6 Å². The van der Waals surface area contributed by atoms with Crippen molar-refractivity contribution >= 4 is 44.8 Å². The Labute approximate surface area is 232 Å². The topological polar surface area (TPSA) is 112 Å². The number of rotatable bonds is 6. The lowest BCUT2D eigenvalue weighted by Gasteiger charge is -2.10. The number of benzene rings is 2. The molecular formula is C29H25F2N7OS. The van der Waals surface area contributed by atoms with E-state index in [-0.39, 0.29) is 12.1 Å². The van der Waals surface area contributed by atoms with Gasteiger partial charge in [0.15, 0.2) is 11.6 Å². The molecule has 0 bridgehead atoms.